The Labute approximate surface area is 196 Å². The summed E-state index contributed by atoms with van der Waals surface area (Å²) in [5.74, 6) is -0.837. The van der Waals surface area contributed by atoms with Gasteiger partial charge in [-0.05, 0) is 42.8 Å². The third-order valence-electron chi connectivity index (χ3n) is 5.47. The summed E-state index contributed by atoms with van der Waals surface area (Å²) in [4.78, 5) is 39.4. The first-order valence-electron chi connectivity index (χ1n) is 10.6. The maximum atomic E-state index is 13.2. The molecule has 11 heteroatoms. The van der Waals surface area contributed by atoms with E-state index in [1.807, 2.05) is 0 Å². The number of anilines is 2. The van der Waals surface area contributed by atoms with Crippen molar-refractivity contribution in [2.45, 2.75) is 18.7 Å². The standard InChI is InChI=1S/C23H24N4O6S/c1-14-3-4-16(24-15(2)28)11-21(14)26-23(30)19-13-22(29)25-20-6-5-17(12-18(19)20)34(31,32)27-7-9-33-10-8-27/h3-6,11-13H,7-10H2,1-2H3,(H,24,28)(H,25,29)(H,26,30). The van der Waals surface area contributed by atoms with Crippen LogP contribution in [0.1, 0.15) is 22.8 Å². The van der Waals surface area contributed by atoms with Gasteiger partial charge in [0.1, 0.15) is 0 Å². The van der Waals surface area contributed by atoms with Crippen molar-refractivity contribution in [2.24, 2.45) is 0 Å². The van der Waals surface area contributed by atoms with E-state index in [1.54, 1.807) is 25.1 Å². The van der Waals surface area contributed by atoms with Crippen LogP contribution in [0.5, 0.6) is 0 Å². The van der Waals surface area contributed by atoms with Crippen molar-refractivity contribution in [3.63, 3.8) is 0 Å². The zero-order chi connectivity index (χ0) is 24.5. The quantitative estimate of drug-likeness (QED) is 0.507. The third-order valence-corrected chi connectivity index (χ3v) is 7.37. The molecule has 2 heterocycles. The first-order valence-corrected chi connectivity index (χ1v) is 12.0. The molecule has 0 spiro atoms. The number of aryl methyl sites for hydroxylation is 1. The number of carbonyl (C=O) groups excluding carboxylic acids is 2. The molecule has 0 radical (unpaired) electrons. The highest BCUT2D eigenvalue weighted by Crippen LogP contribution is 2.25. The van der Waals surface area contributed by atoms with Crippen molar-refractivity contribution in [2.75, 3.05) is 36.9 Å². The number of nitrogens with one attached hydrogen (secondary N) is 3. The molecule has 1 aliphatic heterocycles. The molecule has 1 aliphatic rings. The Morgan fingerprint density at radius 2 is 1.76 bits per heavy atom. The average Bonchev–Trinajstić information content (AvgIpc) is 2.80. The van der Waals surface area contributed by atoms with Crippen LogP contribution in [0.25, 0.3) is 10.9 Å². The van der Waals surface area contributed by atoms with Crippen molar-refractivity contribution in [1.82, 2.24) is 9.29 Å². The SMILES string of the molecule is CC(=O)Nc1ccc(C)c(NC(=O)c2cc(=O)[nH]c3ccc(S(=O)(=O)N4CCOCC4)cc23)c1. The molecule has 0 unspecified atom stereocenters. The fraction of sp³-hybridized carbons (Fsp3) is 0.261. The van der Waals surface area contributed by atoms with E-state index in [9.17, 15) is 22.8 Å². The molecule has 2 amide bonds. The number of carbonyl (C=O) groups is 2. The third kappa shape index (κ3) is 4.86. The smallest absolute Gasteiger partial charge is 0.256 e. The number of aromatic nitrogens is 1. The van der Waals surface area contributed by atoms with Crippen LogP contribution < -0.4 is 16.2 Å². The molecule has 3 aromatic rings. The van der Waals surface area contributed by atoms with E-state index in [0.717, 1.165) is 11.6 Å². The van der Waals surface area contributed by atoms with Gasteiger partial charge >= 0.3 is 0 Å². The molecule has 0 bridgehead atoms. The molecule has 4 rings (SSSR count). The Balaban J connectivity index is 1.73. The van der Waals surface area contributed by atoms with Gasteiger partial charge in [-0.3, -0.25) is 14.4 Å². The van der Waals surface area contributed by atoms with Gasteiger partial charge in [0.15, 0.2) is 0 Å². The number of sulfonamides is 1. The molecule has 0 saturated carbocycles. The zero-order valence-corrected chi connectivity index (χ0v) is 19.5. The summed E-state index contributed by atoms with van der Waals surface area (Å²) >= 11 is 0. The number of nitrogens with zero attached hydrogens (tertiary/aromatic N) is 1. The van der Waals surface area contributed by atoms with Gasteiger partial charge in [0, 0.05) is 48.4 Å². The van der Waals surface area contributed by atoms with Gasteiger partial charge < -0.3 is 20.4 Å². The second-order valence-corrected chi connectivity index (χ2v) is 9.87. The number of amides is 2. The number of fused-ring (bicyclic) bond motifs is 1. The minimum absolute atomic E-state index is 0.0202. The summed E-state index contributed by atoms with van der Waals surface area (Å²) in [5, 5.41) is 5.71. The number of hydrogen-bond donors (Lipinski definition) is 3. The van der Waals surface area contributed by atoms with Crippen molar-refractivity contribution >= 4 is 44.1 Å². The number of benzene rings is 2. The van der Waals surface area contributed by atoms with E-state index in [4.69, 9.17) is 4.74 Å². The summed E-state index contributed by atoms with van der Waals surface area (Å²) in [7, 11) is -3.80. The molecule has 34 heavy (non-hydrogen) atoms. The zero-order valence-electron chi connectivity index (χ0n) is 18.7. The fourth-order valence-electron chi connectivity index (χ4n) is 3.74. The number of rotatable bonds is 5. The molecule has 10 nitrogen and oxygen atoms in total. The van der Waals surface area contributed by atoms with Gasteiger partial charge in [-0.1, -0.05) is 6.07 Å². The second-order valence-electron chi connectivity index (χ2n) is 7.94. The minimum atomic E-state index is -3.80. The lowest BCUT2D eigenvalue weighted by Crippen LogP contribution is -2.40. The monoisotopic (exact) mass is 484 g/mol. The van der Waals surface area contributed by atoms with Crippen LogP contribution in [0.4, 0.5) is 11.4 Å². The Morgan fingerprint density at radius 1 is 1.03 bits per heavy atom. The Kier molecular flexibility index (Phi) is 6.51. The van der Waals surface area contributed by atoms with Crippen LogP contribution in [0.3, 0.4) is 0 Å². The number of ether oxygens (including phenoxy) is 1. The van der Waals surface area contributed by atoms with Gasteiger partial charge in [0.25, 0.3) is 5.91 Å². The maximum absolute atomic E-state index is 13.2. The molecule has 1 fully saturated rings. The van der Waals surface area contributed by atoms with Crippen molar-refractivity contribution in [3.05, 3.63) is 63.9 Å². The first kappa shape index (κ1) is 23.6. The Bertz CT molecular complexity index is 1440. The molecular weight excluding hydrogens is 460 g/mol. The first-order chi connectivity index (χ1) is 16.1. The number of hydrogen-bond acceptors (Lipinski definition) is 6. The minimum Gasteiger partial charge on any atom is -0.379 e. The van der Waals surface area contributed by atoms with Crippen LogP contribution in [0.15, 0.2) is 52.2 Å². The van der Waals surface area contributed by atoms with Crippen LogP contribution in [-0.4, -0.2) is 55.8 Å². The highest BCUT2D eigenvalue weighted by molar-refractivity contribution is 7.89. The highest BCUT2D eigenvalue weighted by atomic mass is 32.2. The topological polar surface area (TPSA) is 138 Å². The average molecular weight is 485 g/mol. The number of aromatic amines is 1. The lowest BCUT2D eigenvalue weighted by atomic mass is 10.1. The van der Waals surface area contributed by atoms with Gasteiger partial charge in [-0.15, -0.1) is 0 Å². The summed E-state index contributed by atoms with van der Waals surface area (Å²) in [6.07, 6.45) is 0. The summed E-state index contributed by atoms with van der Waals surface area (Å²) in [5.41, 5.74) is 1.56. The highest BCUT2D eigenvalue weighted by Gasteiger charge is 2.27. The number of pyridine rings is 1. The van der Waals surface area contributed by atoms with Crippen LogP contribution in [0.2, 0.25) is 0 Å². The molecule has 1 aromatic heterocycles. The lowest BCUT2D eigenvalue weighted by molar-refractivity contribution is -0.114. The van der Waals surface area contributed by atoms with Gasteiger partial charge in [0.05, 0.1) is 23.7 Å². The predicted octanol–water partition coefficient (Wildman–Crippen LogP) is 2.07. The normalized spacial score (nSPS) is 14.6. The number of morpholine rings is 1. The molecule has 1 saturated heterocycles. The molecular formula is C23H24N4O6S. The lowest BCUT2D eigenvalue weighted by Gasteiger charge is -2.26. The van der Waals surface area contributed by atoms with Crippen LogP contribution in [-0.2, 0) is 19.6 Å². The van der Waals surface area contributed by atoms with E-state index in [1.165, 1.54) is 29.4 Å². The van der Waals surface area contributed by atoms with Crippen LogP contribution >= 0.6 is 0 Å². The van der Waals surface area contributed by atoms with Gasteiger partial charge in [-0.25, -0.2) is 8.42 Å². The second kappa shape index (κ2) is 9.37. The Morgan fingerprint density at radius 3 is 2.47 bits per heavy atom. The van der Waals surface area contributed by atoms with Crippen molar-refractivity contribution < 1.29 is 22.7 Å². The van der Waals surface area contributed by atoms with E-state index >= 15 is 0 Å². The van der Waals surface area contributed by atoms with E-state index in [0.29, 0.717) is 35.5 Å². The number of H-pyrrole nitrogens is 1. The van der Waals surface area contributed by atoms with Crippen molar-refractivity contribution in [3.8, 4) is 0 Å². The molecule has 0 aliphatic carbocycles. The largest absolute Gasteiger partial charge is 0.379 e. The van der Waals surface area contributed by atoms with Gasteiger partial charge in [0.2, 0.25) is 21.5 Å². The molecule has 0 atom stereocenters. The van der Waals surface area contributed by atoms with Gasteiger partial charge in [-0.2, -0.15) is 4.31 Å². The summed E-state index contributed by atoms with van der Waals surface area (Å²) in [6.45, 7) is 4.26. The van der Waals surface area contributed by atoms with Crippen LogP contribution in [0, 0.1) is 6.92 Å². The van der Waals surface area contributed by atoms with E-state index in [-0.39, 0.29) is 29.5 Å². The molecule has 2 aromatic carbocycles. The predicted molar refractivity (Wildman–Crippen MR) is 128 cm³/mol. The molecule has 3 N–H and O–H groups in total. The fourth-order valence-corrected chi connectivity index (χ4v) is 5.18. The van der Waals surface area contributed by atoms with E-state index in [2.05, 4.69) is 15.6 Å². The summed E-state index contributed by atoms with van der Waals surface area (Å²) in [6, 6.07) is 10.5. The van der Waals surface area contributed by atoms with Crippen molar-refractivity contribution in [1.29, 1.82) is 0 Å². The maximum Gasteiger partial charge on any atom is 0.256 e. The summed E-state index contributed by atoms with van der Waals surface area (Å²) < 4.78 is 32.8. The molecule has 178 valence electrons. The van der Waals surface area contributed by atoms with E-state index < -0.39 is 21.5 Å². The Hall–Kier alpha value is -3.54.